The van der Waals surface area contributed by atoms with E-state index in [1.807, 2.05) is 24.3 Å². The van der Waals surface area contributed by atoms with Crippen LogP contribution in [0.2, 0.25) is 5.02 Å². The molecular weight excluding hydrogens is 358 g/mol. The van der Waals surface area contributed by atoms with E-state index in [4.69, 9.17) is 26.2 Å². The van der Waals surface area contributed by atoms with Gasteiger partial charge in [0.2, 0.25) is 5.91 Å². The second-order valence-corrected chi connectivity index (χ2v) is 6.45. The molecule has 7 heteroatoms. The Morgan fingerprint density at radius 1 is 1.27 bits per heavy atom. The van der Waals surface area contributed by atoms with E-state index >= 15 is 0 Å². The summed E-state index contributed by atoms with van der Waals surface area (Å²) in [5.74, 6) is -0.0450. The molecule has 0 spiro atoms. The van der Waals surface area contributed by atoms with Crippen molar-refractivity contribution in [1.82, 2.24) is 0 Å². The number of anilines is 1. The zero-order chi connectivity index (χ0) is 18.7. The van der Waals surface area contributed by atoms with E-state index in [0.29, 0.717) is 5.69 Å². The van der Waals surface area contributed by atoms with Crippen LogP contribution in [0.5, 0.6) is 11.5 Å². The first-order valence-corrected chi connectivity index (χ1v) is 8.44. The molecule has 0 saturated heterocycles. The molecule has 2 N–H and O–H groups in total. The number of hydrogen-bond acceptors (Lipinski definition) is 4. The van der Waals surface area contributed by atoms with Crippen LogP contribution in [-0.4, -0.2) is 30.7 Å². The van der Waals surface area contributed by atoms with E-state index in [-0.39, 0.29) is 28.5 Å². The van der Waals surface area contributed by atoms with Crippen LogP contribution in [0.4, 0.5) is 5.69 Å². The Bertz CT molecular complexity index is 838. The van der Waals surface area contributed by atoms with Gasteiger partial charge in [-0.1, -0.05) is 23.7 Å². The summed E-state index contributed by atoms with van der Waals surface area (Å²) in [6.45, 7) is -0.476. The quantitative estimate of drug-likeness (QED) is 0.773. The molecule has 2 atom stereocenters. The maximum atomic E-state index is 12.4. The first kappa shape index (κ1) is 18.1. The minimum Gasteiger partial charge on any atom is -0.497 e. The highest BCUT2D eigenvalue weighted by Crippen LogP contribution is 2.48. The Morgan fingerprint density at radius 3 is 2.77 bits per heavy atom. The summed E-state index contributed by atoms with van der Waals surface area (Å²) in [5, 5.41) is 11.7. The molecule has 1 aliphatic carbocycles. The molecule has 0 aliphatic heterocycles. The first-order valence-electron chi connectivity index (χ1n) is 8.07. The molecule has 2 aromatic rings. The summed E-state index contributed by atoms with van der Waals surface area (Å²) in [4.78, 5) is 23.0. The predicted molar refractivity (Wildman–Crippen MR) is 97.1 cm³/mol. The third-order valence-electron chi connectivity index (χ3n) is 4.20. The lowest BCUT2D eigenvalue weighted by Crippen LogP contribution is -2.14. The number of carbonyl (C=O) groups is 2. The van der Waals surface area contributed by atoms with Crippen LogP contribution >= 0.6 is 11.6 Å². The number of halogens is 1. The number of carbonyl (C=O) groups excluding carboxylic acids is 1. The van der Waals surface area contributed by atoms with Gasteiger partial charge in [0.1, 0.15) is 11.5 Å². The molecule has 2 aromatic carbocycles. The van der Waals surface area contributed by atoms with Gasteiger partial charge >= 0.3 is 5.97 Å². The van der Waals surface area contributed by atoms with Crippen LogP contribution in [0.15, 0.2) is 42.5 Å². The van der Waals surface area contributed by atoms with Crippen LogP contribution in [0.1, 0.15) is 17.9 Å². The number of rotatable bonds is 7. The van der Waals surface area contributed by atoms with Gasteiger partial charge in [-0.05, 0) is 48.2 Å². The molecule has 6 nitrogen and oxygen atoms in total. The van der Waals surface area contributed by atoms with E-state index < -0.39 is 12.6 Å². The summed E-state index contributed by atoms with van der Waals surface area (Å²) >= 11 is 6.07. The van der Waals surface area contributed by atoms with Gasteiger partial charge in [0, 0.05) is 11.6 Å². The fourth-order valence-electron chi connectivity index (χ4n) is 2.80. The van der Waals surface area contributed by atoms with Gasteiger partial charge < -0.3 is 19.9 Å². The lowest BCUT2D eigenvalue weighted by molar-refractivity contribution is -0.139. The molecule has 1 aliphatic rings. The highest BCUT2D eigenvalue weighted by atomic mass is 35.5. The van der Waals surface area contributed by atoms with Crippen molar-refractivity contribution < 1.29 is 24.2 Å². The fourth-order valence-corrected chi connectivity index (χ4v) is 3.03. The van der Waals surface area contributed by atoms with E-state index in [1.165, 1.54) is 6.07 Å². The summed E-state index contributed by atoms with van der Waals surface area (Å²) in [6, 6.07) is 12.4. The van der Waals surface area contributed by atoms with Gasteiger partial charge in [-0.15, -0.1) is 0 Å². The second-order valence-electron chi connectivity index (χ2n) is 6.04. The average Bonchev–Trinajstić information content (AvgIpc) is 3.42. The average molecular weight is 376 g/mol. The molecule has 0 radical (unpaired) electrons. The molecule has 0 aromatic heterocycles. The Hall–Kier alpha value is -2.73. The molecule has 1 amide bonds. The normalized spacial score (nSPS) is 18.1. The van der Waals surface area contributed by atoms with Crippen molar-refractivity contribution >= 4 is 29.2 Å². The van der Waals surface area contributed by atoms with Crippen molar-refractivity contribution in [2.45, 2.75) is 12.3 Å². The minimum atomic E-state index is -1.09. The van der Waals surface area contributed by atoms with E-state index in [2.05, 4.69) is 5.32 Å². The number of amides is 1. The third kappa shape index (κ3) is 4.26. The van der Waals surface area contributed by atoms with E-state index in [0.717, 1.165) is 17.7 Å². The van der Waals surface area contributed by atoms with Crippen LogP contribution < -0.4 is 14.8 Å². The first-order chi connectivity index (χ1) is 12.5. The molecule has 0 heterocycles. The predicted octanol–water partition coefficient (Wildman–Crippen LogP) is 3.55. The lowest BCUT2D eigenvalue weighted by atomic mass is 10.1. The highest BCUT2D eigenvalue weighted by Gasteiger charge is 2.44. The number of aliphatic carboxylic acids is 1. The molecule has 26 heavy (non-hydrogen) atoms. The van der Waals surface area contributed by atoms with Crippen molar-refractivity contribution in [2.75, 3.05) is 19.0 Å². The largest absolute Gasteiger partial charge is 0.497 e. The molecule has 3 rings (SSSR count). The van der Waals surface area contributed by atoms with Crippen molar-refractivity contribution in [2.24, 2.45) is 5.92 Å². The third-order valence-corrected chi connectivity index (χ3v) is 4.50. The standard InChI is InChI=1S/C19H18ClNO5/c1-25-13-4-2-3-11(7-13)14-9-15(14)19(24)21-12-5-6-17(16(20)8-12)26-10-18(22)23/h2-8,14-15H,9-10H2,1H3,(H,21,24)(H,22,23). The van der Waals surface area contributed by atoms with Crippen LogP contribution in [0.3, 0.4) is 0 Å². The Kier molecular flexibility index (Phi) is 5.32. The maximum Gasteiger partial charge on any atom is 0.341 e. The summed E-state index contributed by atoms with van der Waals surface area (Å²) in [6.07, 6.45) is 0.784. The number of methoxy groups -OCH3 is 1. The van der Waals surface area contributed by atoms with Gasteiger partial charge in [0.25, 0.3) is 0 Å². The number of nitrogens with one attached hydrogen (secondary N) is 1. The van der Waals surface area contributed by atoms with E-state index in [9.17, 15) is 9.59 Å². The number of ether oxygens (including phenoxy) is 2. The minimum absolute atomic E-state index is 0.0758. The van der Waals surface area contributed by atoms with Crippen molar-refractivity contribution in [3.05, 3.63) is 53.1 Å². The van der Waals surface area contributed by atoms with Crippen molar-refractivity contribution in [3.63, 3.8) is 0 Å². The fraction of sp³-hybridized carbons (Fsp3) is 0.263. The number of benzene rings is 2. The Labute approximate surface area is 155 Å². The molecular formula is C19H18ClNO5. The van der Waals surface area contributed by atoms with Gasteiger partial charge in [0.05, 0.1) is 12.1 Å². The van der Waals surface area contributed by atoms with E-state index in [1.54, 1.807) is 19.2 Å². The topological polar surface area (TPSA) is 84.9 Å². The molecule has 0 bridgehead atoms. The maximum absolute atomic E-state index is 12.4. The van der Waals surface area contributed by atoms with Crippen LogP contribution in [-0.2, 0) is 9.59 Å². The highest BCUT2D eigenvalue weighted by molar-refractivity contribution is 6.32. The van der Waals surface area contributed by atoms with Crippen molar-refractivity contribution in [1.29, 1.82) is 0 Å². The van der Waals surface area contributed by atoms with Gasteiger partial charge in [-0.3, -0.25) is 4.79 Å². The second kappa shape index (κ2) is 7.66. The number of carboxylic acids is 1. The van der Waals surface area contributed by atoms with Gasteiger partial charge in [-0.2, -0.15) is 0 Å². The SMILES string of the molecule is COc1cccc(C2CC2C(=O)Nc2ccc(OCC(=O)O)c(Cl)c2)c1. The molecule has 2 unspecified atom stereocenters. The zero-order valence-corrected chi connectivity index (χ0v) is 14.8. The Balaban J connectivity index is 1.60. The number of carboxylic acid groups (broad SMARTS) is 1. The summed E-state index contributed by atoms with van der Waals surface area (Å²) in [7, 11) is 1.61. The summed E-state index contributed by atoms with van der Waals surface area (Å²) < 4.78 is 10.3. The summed E-state index contributed by atoms with van der Waals surface area (Å²) in [5.41, 5.74) is 1.62. The van der Waals surface area contributed by atoms with Crippen LogP contribution in [0, 0.1) is 5.92 Å². The molecule has 1 fully saturated rings. The smallest absolute Gasteiger partial charge is 0.341 e. The monoisotopic (exact) mass is 375 g/mol. The zero-order valence-electron chi connectivity index (χ0n) is 14.1. The Morgan fingerprint density at radius 2 is 2.08 bits per heavy atom. The number of hydrogen-bond donors (Lipinski definition) is 2. The molecule has 136 valence electrons. The molecule has 1 saturated carbocycles. The lowest BCUT2D eigenvalue weighted by Gasteiger charge is -2.09. The van der Waals surface area contributed by atoms with Crippen molar-refractivity contribution in [3.8, 4) is 11.5 Å². The van der Waals surface area contributed by atoms with Gasteiger partial charge in [-0.25, -0.2) is 4.79 Å². The van der Waals surface area contributed by atoms with Gasteiger partial charge in [0.15, 0.2) is 6.61 Å². The van der Waals surface area contributed by atoms with Crippen LogP contribution in [0.25, 0.3) is 0 Å².